The second-order valence-electron chi connectivity index (χ2n) is 6.48. The molecule has 1 heterocycles. The number of nitrogens with one attached hydrogen (secondary N) is 1. The normalized spacial score (nSPS) is 12.4. The quantitative estimate of drug-likeness (QED) is 0.493. The second-order valence-corrected chi connectivity index (χ2v) is 7.56. The van der Waals surface area contributed by atoms with Crippen LogP contribution >= 0.6 is 11.8 Å². The molecule has 0 spiro atoms. The lowest BCUT2D eigenvalue weighted by atomic mass is 10.0. The Hall–Kier alpha value is -2.92. The van der Waals surface area contributed by atoms with Gasteiger partial charge in [0.2, 0.25) is 0 Å². The lowest BCUT2D eigenvalue weighted by molar-refractivity contribution is 0.0953. The van der Waals surface area contributed by atoms with E-state index in [0.29, 0.717) is 29.1 Å². The predicted octanol–water partition coefficient (Wildman–Crippen LogP) is 5.60. The number of aliphatic imine (C=N–C) groups is 1. The molecule has 0 bridgehead atoms. The maximum atomic E-state index is 14.6. The number of hydrogen-bond acceptors (Lipinski definition) is 3. The number of halogens is 1. The maximum Gasteiger partial charge on any atom is 0.251 e. The van der Waals surface area contributed by atoms with Crippen LogP contribution in [0.1, 0.15) is 34.8 Å². The van der Waals surface area contributed by atoms with Gasteiger partial charge >= 0.3 is 0 Å². The summed E-state index contributed by atoms with van der Waals surface area (Å²) in [4.78, 5) is 19.1. The molecule has 1 aliphatic heterocycles. The van der Waals surface area contributed by atoms with E-state index in [-0.39, 0.29) is 11.7 Å². The zero-order valence-electron chi connectivity index (χ0n) is 15.4. The molecule has 140 valence electrons. The van der Waals surface area contributed by atoms with Crippen molar-refractivity contribution in [2.75, 3.05) is 6.54 Å². The van der Waals surface area contributed by atoms with Crippen LogP contribution in [0.5, 0.6) is 0 Å². The molecule has 0 radical (unpaired) electrons. The van der Waals surface area contributed by atoms with Crippen molar-refractivity contribution in [3.8, 4) is 0 Å². The first-order valence-electron chi connectivity index (χ1n) is 9.20. The zero-order valence-corrected chi connectivity index (χ0v) is 16.2. The summed E-state index contributed by atoms with van der Waals surface area (Å²) < 4.78 is 14.6. The van der Waals surface area contributed by atoms with E-state index < -0.39 is 0 Å². The van der Waals surface area contributed by atoms with E-state index in [1.807, 2.05) is 43.3 Å². The van der Waals surface area contributed by atoms with Gasteiger partial charge in [0.15, 0.2) is 0 Å². The highest BCUT2D eigenvalue weighted by Gasteiger charge is 2.21. The summed E-state index contributed by atoms with van der Waals surface area (Å²) in [7, 11) is 0. The number of hydrogen-bond donors (Lipinski definition) is 1. The number of carbonyl (C=O) groups is 1. The highest BCUT2D eigenvalue weighted by molar-refractivity contribution is 7.99. The van der Waals surface area contributed by atoms with Crippen LogP contribution < -0.4 is 5.32 Å². The SMILES string of the molecule is CCCNC(=O)c1ccc2c(c1)N=C(c1ccccc1F)c1ccccc1S2. The average molecular weight is 390 g/mol. The van der Waals surface area contributed by atoms with E-state index >= 15 is 0 Å². The number of amides is 1. The monoisotopic (exact) mass is 390 g/mol. The lowest BCUT2D eigenvalue weighted by Crippen LogP contribution is -2.23. The maximum absolute atomic E-state index is 14.6. The Balaban J connectivity index is 1.87. The smallest absolute Gasteiger partial charge is 0.251 e. The molecule has 0 atom stereocenters. The van der Waals surface area contributed by atoms with E-state index in [9.17, 15) is 9.18 Å². The summed E-state index contributed by atoms with van der Waals surface area (Å²) in [6.07, 6.45) is 0.872. The van der Waals surface area contributed by atoms with Crippen molar-refractivity contribution < 1.29 is 9.18 Å². The molecular weight excluding hydrogens is 371 g/mol. The van der Waals surface area contributed by atoms with Crippen LogP contribution in [0.3, 0.4) is 0 Å². The van der Waals surface area contributed by atoms with Gasteiger partial charge in [0, 0.05) is 33.0 Å². The van der Waals surface area contributed by atoms with Gasteiger partial charge < -0.3 is 5.32 Å². The molecule has 1 amide bonds. The van der Waals surface area contributed by atoms with Gasteiger partial charge in [-0.3, -0.25) is 4.79 Å². The fraction of sp³-hybridized carbons (Fsp3) is 0.130. The fourth-order valence-electron chi connectivity index (χ4n) is 3.08. The third-order valence-corrected chi connectivity index (χ3v) is 5.62. The lowest BCUT2D eigenvalue weighted by Gasteiger charge is -2.09. The number of rotatable bonds is 4. The summed E-state index contributed by atoms with van der Waals surface area (Å²) in [5.41, 5.74) is 3.13. The van der Waals surface area contributed by atoms with Crippen LogP contribution in [0.25, 0.3) is 0 Å². The molecule has 3 aromatic carbocycles. The third-order valence-electron chi connectivity index (χ3n) is 4.48. The first-order chi connectivity index (χ1) is 13.7. The van der Waals surface area contributed by atoms with Crippen molar-refractivity contribution in [3.05, 3.63) is 89.2 Å². The molecule has 0 unspecified atom stereocenters. The second kappa shape index (κ2) is 7.98. The molecule has 3 aromatic rings. The molecule has 3 nitrogen and oxygen atoms in total. The molecule has 0 saturated heterocycles. The van der Waals surface area contributed by atoms with Crippen molar-refractivity contribution in [3.63, 3.8) is 0 Å². The molecule has 4 rings (SSSR count). The van der Waals surface area contributed by atoms with Crippen molar-refractivity contribution >= 4 is 29.1 Å². The predicted molar refractivity (Wildman–Crippen MR) is 111 cm³/mol. The average Bonchev–Trinajstić information content (AvgIpc) is 2.88. The van der Waals surface area contributed by atoms with Gasteiger partial charge in [0.25, 0.3) is 5.91 Å². The van der Waals surface area contributed by atoms with E-state index in [1.165, 1.54) is 6.07 Å². The van der Waals surface area contributed by atoms with Gasteiger partial charge in [-0.25, -0.2) is 9.38 Å². The summed E-state index contributed by atoms with van der Waals surface area (Å²) >= 11 is 1.58. The van der Waals surface area contributed by atoms with Gasteiger partial charge in [0.1, 0.15) is 5.82 Å². The van der Waals surface area contributed by atoms with E-state index in [1.54, 1.807) is 36.0 Å². The van der Waals surface area contributed by atoms with Crippen molar-refractivity contribution in [2.24, 2.45) is 4.99 Å². The molecular formula is C23H19FN2OS. The number of carbonyl (C=O) groups excluding carboxylic acids is 1. The number of fused-ring (bicyclic) bond motifs is 2. The summed E-state index contributed by atoms with van der Waals surface area (Å²) in [5.74, 6) is -0.444. The third kappa shape index (κ3) is 3.58. The number of benzene rings is 3. The minimum atomic E-state index is -0.318. The zero-order chi connectivity index (χ0) is 19.5. The Morgan fingerprint density at radius 1 is 1.00 bits per heavy atom. The fourth-order valence-corrected chi connectivity index (χ4v) is 4.09. The first-order valence-corrected chi connectivity index (χ1v) is 10.0. The first kappa shape index (κ1) is 18.4. The van der Waals surface area contributed by atoms with Crippen LogP contribution in [0.15, 0.2) is 81.5 Å². The van der Waals surface area contributed by atoms with Gasteiger partial charge in [0.05, 0.1) is 11.4 Å². The van der Waals surface area contributed by atoms with Gasteiger partial charge in [-0.2, -0.15) is 0 Å². The minimum absolute atomic E-state index is 0.126. The van der Waals surface area contributed by atoms with Gasteiger partial charge in [-0.15, -0.1) is 0 Å². The van der Waals surface area contributed by atoms with Gasteiger partial charge in [-0.1, -0.05) is 49.0 Å². The highest BCUT2D eigenvalue weighted by Crippen LogP contribution is 2.41. The van der Waals surface area contributed by atoms with Crippen LogP contribution in [-0.2, 0) is 0 Å². The summed E-state index contributed by atoms with van der Waals surface area (Å²) in [6, 6.07) is 20.0. The Bertz CT molecular complexity index is 1080. The highest BCUT2D eigenvalue weighted by atomic mass is 32.2. The van der Waals surface area contributed by atoms with Crippen molar-refractivity contribution in [1.29, 1.82) is 0 Å². The summed E-state index contributed by atoms with van der Waals surface area (Å²) in [5, 5.41) is 2.89. The molecule has 0 saturated carbocycles. The molecule has 0 aromatic heterocycles. The molecule has 5 heteroatoms. The minimum Gasteiger partial charge on any atom is -0.352 e. The molecule has 1 aliphatic rings. The Kier molecular flexibility index (Phi) is 5.26. The van der Waals surface area contributed by atoms with Crippen LogP contribution in [0.4, 0.5) is 10.1 Å². The molecule has 28 heavy (non-hydrogen) atoms. The summed E-state index contributed by atoms with van der Waals surface area (Å²) in [6.45, 7) is 2.63. The Morgan fingerprint density at radius 3 is 2.54 bits per heavy atom. The largest absolute Gasteiger partial charge is 0.352 e. The van der Waals surface area contributed by atoms with Crippen LogP contribution in [0.2, 0.25) is 0 Å². The Morgan fingerprint density at radius 2 is 1.75 bits per heavy atom. The van der Waals surface area contributed by atoms with Crippen molar-refractivity contribution in [1.82, 2.24) is 5.32 Å². The topological polar surface area (TPSA) is 41.5 Å². The molecule has 1 N–H and O–H groups in total. The standard InChI is InChI=1S/C23H19FN2OS/c1-2-13-25-23(27)15-11-12-21-19(14-15)26-22(16-7-3-5-9-18(16)24)17-8-4-6-10-20(17)28-21/h3-12,14H,2,13H2,1H3,(H,25,27). The Labute approximate surface area is 167 Å². The van der Waals surface area contributed by atoms with Crippen LogP contribution in [0, 0.1) is 5.82 Å². The van der Waals surface area contributed by atoms with Gasteiger partial charge in [-0.05, 0) is 42.8 Å². The van der Waals surface area contributed by atoms with Crippen molar-refractivity contribution in [2.45, 2.75) is 23.1 Å². The number of nitrogens with zero attached hydrogens (tertiary/aromatic N) is 1. The van der Waals surface area contributed by atoms with E-state index in [4.69, 9.17) is 4.99 Å². The molecule has 0 fully saturated rings. The molecule has 0 aliphatic carbocycles. The van der Waals surface area contributed by atoms with Crippen LogP contribution in [-0.4, -0.2) is 18.2 Å². The van der Waals surface area contributed by atoms with E-state index in [2.05, 4.69) is 5.32 Å². The van der Waals surface area contributed by atoms with E-state index in [0.717, 1.165) is 21.8 Å².